The molecule has 0 aliphatic heterocycles. The van der Waals surface area contributed by atoms with Crippen molar-refractivity contribution in [1.82, 2.24) is 10.2 Å². The lowest BCUT2D eigenvalue weighted by Crippen LogP contribution is -2.15. The normalized spacial score (nSPS) is 10.3. The predicted molar refractivity (Wildman–Crippen MR) is 100 cm³/mol. The van der Waals surface area contributed by atoms with E-state index in [1.54, 1.807) is 36.4 Å². The van der Waals surface area contributed by atoms with Crippen LogP contribution >= 0.6 is 23.2 Å². The smallest absolute Gasteiger partial charge is 0.276 e. The van der Waals surface area contributed by atoms with E-state index < -0.39 is 0 Å². The molecular formula is C18H14Cl2N4O. The van der Waals surface area contributed by atoms with E-state index in [1.807, 2.05) is 24.3 Å². The second-order valence-corrected chi connectivity index (χ2v) is 6.00. The zero-order valence-corrected chi connectivity index (χ0v) is 14.6. The van der Waals surface area contributed by atoms with Gasteiger partial charge in [0.05, 0.1) is 10.7 Å². The summed E-state index contributed by atoms with van der Waals surface area (Å²) in [6.45, 7) is 0.513. The molecule has 0 fully saturated rings. The van der Waals surface area contributed by atoms with Gasteiger partial charge in [0.1, 0.15) is 5.82 Å². The van der Waals surface area contributed by atoms with Gasteiger partial charge < -0.3 is 10.6 Å². The van der Waals surface area contributed by atoms with Crippen molar-refractivity contribution < 1.29 is 4.79 Å². The quantitative estimate of drug-likeness (QED) is 0.683. The van der Waals surface area contributed by atoms with Crippen LogP contribution in [0.15, 0.2) is 60.7 Å². The summed E-state index contributed by atoms with van der Waals surface area (Å²) < 4.78 is 0. The Morgan fingerprint density at radius 3 is 2.28 bits per heavy atom. The summed E-state index contributed by atoms with van der Waals surface area (Å²) >= 11 is 12.1. The lowest BCUT2D eigenvalue weighted by atomic mass is 10.2. The Bertz CT molecular complexity index is 884. The Hall–Kier alpha value is -2.63. The summed E-state index contributed by atoms with van der Waals surface area (Å²) in [5, 5.41) is 14.9. The molecule has 0 radical (unpaired) electrons. The van der Waals surface area contributed by atoms with Gasteiger partial charge in [-0.25, -0.2) is 0 Å². The summed E-state index contributed by atoms with van der Waals surface area (Å²) in [5.74, 6) is 0.174. The Balaban J connectivity index is 1.63. The lowest BCUT2D eigenvalue weighted by molar-refractivity contribution is 0.102. The second-order valence-electron chi connectivity index (χ2n) is 5.18. The molecule has 0 unspecified atom stereocenters. The zero-order valence-electron chi connectivity index (χ0n) is 13.0. The first-order valence-electron chi connectivity index (χ1n) is 7.50. The Kier molecular flexibility index (Phi) is 5.48. The molecule has 5 nitrogen and oxygen atoms in total. The molecule has 25 heavy (non-hydrogen) atoms. The third-order valence-corrected chi connectivity index (χ3v) is 4.14. The van der Waals surface area contributed by atoms with Crippen molar-refractivity contribution in [2.75, 3.05) is 10.6 Å². The number of aromatic nitrogens is 2. The highest BCUT2D eigenvalue weighted by Gasteiger charge is 2.10. The van der Waals surface area contributed by atoms with Gasteiger partial charge in [-0.1, -0.05) is 53.5 Å². The van der Waals surface area contributed by atoms with Crippen LogP contribution in [-0.2, 0) is 6.54 Å². The van der Waals surface area contributed by atoms with Crippen molar-refractivity contribution in [2.45, 2.75) is 6.54 Å². The third-order valence-electron chi connectivity index (χ3n) is 3.44. The number of halogens is 2. The molecule has 1 heterocycles. The monoisotopic (exact) mass is 372 g/mol. The molecule has 3 aromatic rings. The first kappa shape index (κ1) is 17.2. The number of carbonyl (C=O) groups is 1. The molecule has 0 saturated heterocycles. The van der Waals surface area contributed by atoms with Gasteiger partial charge in [-0.3, -0.25) is 4.79 Å². The third kappa shape index (κ3) is 4.47. The van der Waals surface area contributed by atoms with Gasteiger partial charge in [0.2, 0.25) is 0 Å². The number of rotatable bonds is 5. The molecule has 0 atom stereocenters. The number of benzene rings is 2. The van der Waals surface area contributed by atoms with E-state index in [1.165, 1.54) is 0 Å². The Morgan fingerprint density at radius 1 is 0.880 bits per heavy atom. The van der Waals surface area contributed by atoms with E-state index in [4.69, 9.17) is 23.2 Å². The molecule has 0 saturated carbocycles. The van der Waals surface area contributed by atoms with Gasteiger partial charge in [0, 0.05) is 11.6 Å². The number of hydrogen-bond acceptors (Lipinski definition) is 4. The summed E-state index contributed by atoms with van der Waals surface area (Å²) in [5.41, 5.74) is 1.67. The number of nitrogens with one attached hydrogen (secondary N) is 2. The number of amides is 1. The van der Waals surface area contributed by atoms with Crippen molar-refractivity contribution in [3.63, 3.8) is 0 Å². The summed E-state index contributed by atoms with van der Waals surface area (Å²) in [6.07, 6.45) is 0. The van der Waals surface area contributed by atoms with Crippen LogP contribution in [0.1, 0.15) is 16.1 Å². The number of anilines is 2. The average Bonchev–Trinajstić information content (AvgIpc) is 2.63. The van der Waals surface area contributed by atoms with Crippen LogP contribution in [0.25, 0.3) is 0 Å². The van der Waals surface area contributed by atoms with Crippen LogP contribution in [-0.4, -0.2) is 16.1 Å². The molecule has 126 valence electrons. The van der Waals surface area contributed by atoms with Gasteiger partial charge in [-0.2, -0.15) is 0 Å². The minimum absolute atomic E-state index is 0.197. The Morgan fingerprint density at radius 2 is 1.60 bits per heavy atom. The predicted octanol–water partition coefficient (Wildman–Crippen LogP) is 4.65. The van der Waals surface area contributed by atoms with E-state index >= 15 is 0 Å². The van der Waals surface area contributed by atoms with Crippen molar-refractivity contribution in [3.8, 4) is 0 Å². The van der Waals surface area contributed by atoms with Gasteiger partial charge in [0.15, 0.2) is 5.69 Å². The maximum Gasteiger partial charge on any atom is 0.276 e. The van der Waals surface area contributed by atoms with Crippen LogP contribution in [0, 0.1) is 0 Å². The first-order chi connectivity index (χ1) is 12.1. The average molecular weight is 373 g/mol. The number of carbonyl (C=O) groups excluding carboxylic acids is 1. The molecule has 0 spiro atoms. The summed E-state index contributed by atoms with van der Waals surface area (Å²) in [7, 11) is 0. The van der Waals surface area contributed by atoms with E-state index in [9.17, 15) is 4.79 Å². The molecule has 2 N–H and O–H groups in total. The van der Waals surface area contributed by atoms with Crippen molar-refractivity contribution in [3.05, 3.63) is 82.0 Å². The summed E-state index contributed by atoms with van der Waals surface area (Å²) in [4.78, 5) is 12.2. The zero-order chi connectivity index (χ0) is 17.6. The Labute approximate surface area is 155 Å². The number of para-hydroxylation sites is 1. The van der Waals surface area contributed by atoms with Crippen molar-refractivity contribution in [2.24, 2.45) is 0 Å². The number of hydrogen-bond donors (Lipinski definition) is 2. The van der Waals surface area contributed by atoms with E-state index in [2.05, 4.69) is 20.8 Å². The highest BCUT2D eigenvalue weighted by Crippen LogP contribution is 2.21. The minimum atomic E-state index is -0.377. The van der Waals surface area contributed by atoms with Crippen molar-refractivity contribution in [1.29, 1.82) is 0 Å². The molecule has 0 aliphatic rings. The molecule has 7 heteroatoms. The fourth-order valence-corrected chi connectivity index (χ4v) is 2.51. The standard InChI is InChI=1S/C18H14Cl2N4O/c19-13-6-2-1-5-12(13)11-21-17-10-9-16(23-24-17)18(25)22-15-8-4-3-7-14(15)20/h1-10H,11H2,(H,21,24)(H,22,25). The van der Waals surface area contributed by atoms with E-state index in [0.717, 1.165) is 5.56 Å². The molecule has 0 bridgehead atoms. The minimum Gasteiger partial charge on any atom is -0.364 e. The van der Waals surface area contributed by atoms with Gasteiger partial charge in [-0.15, -0.1) is 10.2 Å². The lowest BCUT2D eigenvalue weighted by Gasteiger charge is -2.08. The van der Waals surface area contributed by atoms with Crippen LogP contribution in [0.4, 0.5) is 11.5 Å². The maximum atomic E-state index is 12.2. The number of nitrogens with zero attached hydrogens (tertiary/aromatic N) is 2. The van der Waals surface area contributed by atoms with Crippen molar-refractivity contribution >= 4 is 40.6 Å². The summed E-state index contributed by atoms with van der Waals surface area (Å²) in [6, 6.07) is 17.8. The second kappa shape index (κ2) is 7.96. The van der Waals surface area contributed by atoms with E-state index in [-0.39, 0.29) is 11.6 Å². The van der Waals surface area contributed by atoms with Gasteiger partial charge >= 0.3 is 0 Å². The van der Waals surface area contributed by atoms with Crippen LogP contribution in [0.3, 0.4) is 0 Å². The van der Waals surface area contributed by atoms with Gasteiger partial charge in [-0.05, 0) is 35.9 Å². The molecule has 0 aliphatic carbocycles. The fraction of sp³-hybridized carbons (Fsp3) is 0.0556. The van der Waals surface area contributed by atoms with E-state index in [0.29, 0.717) is 28.1 Å². The highest BCUT2D eigenvalue weighted by atomic mass is 35.5. The molecule has 3 rings (SSSR count). The SMILES string of the molecule is O=C(Nc1ccccc1Cl)c1ccc(NCc2ccccc2Cl)nn1. The maximum absolute atomic E-state index is 12.2. The topological polar surface area (TPSA) is 66.9 Å². The molecule has 1 amide bonds. The highest BCUT2D eigenvalue weighted by molar-refractivity contribution is 6.33. The molecule has 1 aromatic heterocycles. The van der Waals surface area contributed by atoms with Gasteiger partial charge in [0.25, 0.3) is 5.91 Å². The van der Waals surface area contributed by atoms with Crippen LogP contribution in [0.5, 0.6) is 0 Å². The first-order valence-corrected chi connectivity index (χ1v) is 8.26. The van der Waals surface area contributed by atoms with Crippen LogP contribution in [0.2, 0.25) is 10.0 Å². The van der Waals surface area contributed by atoms with Crippen LogP contribution < -0.4 is 10.6 Å². The molecule has 2 aromatic carbocycles. The molecular weight excluding hydrogens is 359 g/mol. The largest absolute Gasteiger partial charge is 0.364 e. The fourth-order valence-electron chi connectivity index (χ4n) is 2.12.